The van der Waals surface area contributed by atoms with E-state index >= 15 is 0 Å². The summed E-state index contributed by atoms with van der Waals surface area (Å²) < 4.78 is 54.2. The number of nitrogens with one attached hydrogen (secondary N) is 2. The zero-order valence-corrected chi connectivity index (χ0v) is 18.2. The van der Waals surface area contributed by atoms with E-state index in [0.29, 0.717) is 12.5 Å². The average molecular weight is 464 g/mol. The first-order valence-corrected chi connectivity index (χ1v) is 11.8. The van der Waals surface area contributed by atoms with E-state index < -0.39 is 27.6 Å². The minimum Gasteiger partial charge on any atom is -0.324 e. The van der Waals surface area contributed by atoms with Gasteiger partial charge in [0, 0.05) is 36.7 Å². The van der Waals surface area contributed by atoms with Crippen LogP contribution in [-0.2, 0) is 26.0 Å². The molecule has 0 saturated heterocycles. The third kappa shape index (κ3) is 4.66. The first-order valence-electron chi connectivity index (χ1n) is 10.4. The van der Waals surface area contributed by atoms with Crippen molar-refractivity contribution < 1.29 is 26.8 Å². The highest BCUT2D eigenvalue weighted by Crippen LogP contribution is 2.39. The lowest BCUT2D eigenvalue weighted by molar-refractivity contribution is -0.120. The van der Waals surface area contributed by atoms with Crippen molar-refractivity contribution in [2.24, 2.45) is 5.92 Å². The van der Waals surface area contributed by atoms with E-state index in [2.05, 4.69) is 10.0 Å². The van der Waals surface area contributed by atoms with Crippen LogP contribution in [0.25, 0.3) is 0 Å². The van der Waals surface area contributed by atoms with Crippen molar-refractivity contribution in [1.82, 2.24) is 4.72 Å². The number of anilines is 2. The monoisotopic (exact) mass is 463 g/mol. The number of nitrogens with zero attached hydrogens (tertiary/aromatic N) is 1. The number of halogens is 2. The molecule has 1 fully saturated rings. The van der Waals surface area contributed by atoms with E-state index in [1.54, 1.807) is 17.0 Å². The lowest BCUT2D eigenvalue weighted by atomic mass is 10.1. The fraction of sp³-hybridized carbons (Fsp3) is 0.364. The van der Waals surface area contributed by atoms with Crippen LogP contribution in [0, 0.1) is 17.6 Å². The lowest BCUT2D eigenvalue weighted by Crippen LogP contribution is -2.36. The number of sulfonamides is 1. The van der Waals surface area contributed by atoms with Crippen molar-refractivity contribution in [3.63, 3.8) is 0 Å². The van der Waals surface area contributed by atoms with Gasteiger partial charge < -0.3 is 10.2 Å². The molecular weight excluding hydrogens is 440 g/mol. The van der Waals surface area contributed by atoms with Gasteiger partial charge in [-0.15, -0.1) is 0 Å². The van der Waals surface area contributed by atoms with Gasteiger partial charge in [0.1, 0.15) is 11.6 Å². The van der Waals surface area contributed by atoms with Gasteiger partial charge in [-0.3, -0.25) is 9.59 Å². The predicted molar refractivity (Wildman–Crippen MR) is 115 cm³/mol. The van der Waals surface area contributed by atoms with Crippen LogP contribution in [0.3, 0.4) is 0 Å². The third-order valence-corrected chi connectivity index (χ3v) is 7.05. The molecule has 0 unspecified atom stereocenters. The Morgan fingerprint density at radius 3 is 2.56 bits per heavy atom. The second kappa shape index (κ2) is 8.59. The van der Waals surface area contributed by atoms with Crippen LogP contribution in [0.5, 0.6) is 0 Å². The summed E-state index contributed by atoms with van der Waals surface area (Å²) >= 11 is 0. The Morgan fingerprint density at radius 2 is 1.88 bits per heavy atom. The number of carbonyl (C=O) groups is 2. The van der Waals surface area contributed by atoms with Crippen LogP contribution in [0.4, 0.5) is 20.2 Å². The summed E-state index contributed by atoms with van der Waals surface area (Å²) in [6.07, 6.45) is 2.13. The topological polar surface area (TPSA) is 95.6 Å². The summed E-state index contributed by atoms with van der Waals surface area (Å²) in [4.78, 5) is 26.3. The second-order valence-electron chi connectivity index (χ2n) is 8.15. The highest BCUT2D eigenvalue weighted by Gasteiger charge is 2.39. The Balaban J connectivity index is 1.37. The average Bonchev–Trinajstić information content (AvgIpc) is 3.51. The van der Waals surface area contributed by atoms with Crippen molar-refractivity contribution in [2.75, 3.05) is 16.8 Å². The first kappa shape index (κ1) is 22.3. The van der Waals surface area contributed by atoms with Crippen LogP contribution in [0.15, 0.2) is 41.3 Å². The van der Waals surface area contributed by atoms with Gasteiger partial charge in [-0.05, 0) is 62.1 Å². The van der Waals surface area contributed by atoms with Crippen molar-refractivity contribution in [3.05, 3.63) is 53.6 Å². The molecule has 1 aliphatic heterocycles. The summed E-state index contributed by atoms with van der Waals surface area (Å²) in [5.74, 6) is -2.13. The van der Waals surface area contributed by atoms with Gasteiger partial charge in [-0.2, -0.15) is 0 Å². The molecule has 2 amide bonds. The Morgan fingerprint density at radius 1 is 1.12 bits per heavy atom. The summed E-state index contributed by atoms with van der Waals surface area (Å²) in [6.45, 7) is 1.74. The molecule has 2 N–H and O–H groups in total. The number of benzene rings is 2. The van der Waals surface area contributed by atoms with Crippen molar-refractivity contribution in [3.8, 4) is 0 Å². The number of hydrogen-bond donors (Lipinski definition) is 2. The van der Waals surface area contributed by atoms with Crippen LogP contribution in [0.1, 0.15) is 31.7 Å². The van der Waals surface area contributed by atoms with E-state index in [-0.39, 0.29) is 41.4 Å². The minimum atomic E-state index is -3.88. The number of hydrogen-bond acceptors (Lipinski definition) is 4. The standard InChI is InChI=1S/C22H23F2N3O4S/c1-13-10-15-11-17(5-7-20(15)27(13)22(29)14-2-3-14)32(30,31)25-9-8-21(28)26-19-6-4-16(23)12-18(19)24/h4-7,11-14,25H,2-3,8-10H2,1H3,(H,26,28)/t13-/m1/s1. The van der Waals surface area contributed by atoms with Gasteiger partial charge >= 0.3 is 0 Å². The molecule has 2 aliphatic rings. The fourth-order valence-electron chi connectivity index (χ4n) is 3.82. The molecule has 2 aromatic rings. The lowest BCUT2D eigenvalue weighted by Gasteiger charge is -2.22. The van der Waals surface area contributed by atoms with E-state index in [1.807, 2.05) is 6.92 Å². The molecule has 4 rings (SSSR count). The van der Waals surface area contributed by atoms with Crippen molar-refractivity contribution >= 4 is 33.2 Å². The maximum absolute atomic E-state index is 13.6. The first-order chi connectivity index (χ1) is 15.2. The second-order valence-corrected chi connectivity index (χ2v) is 9.91. The normalized spacial score (nSPS) is 17.8. The maximum atomic E-state index is 13.6. The Labute approximate surface area is 184 Å². The zero-order valence-electron chi connectivity index (χ0n) is 17.4. The largest absolute Gasteiger partial charge is 0.324 e. The molecule has 32 heavy (non-hydrogen) atoms. The summed E-state index contributed by atoms with van der Waals surface area (Å²) in [5.41, 5.74) is 1.35. The summed E-state index contributed by atoms with van der Waals surface area (Å²) in [5, 5.41) is 2.28. The number of fused-ring (bicyclic) bond motifs is 1. The van der Waals surface area contributed by atoms with E-state index in [9.17, 15) is 26.8 Å². The minimum absolute atomic E-state index is 0.0282. The van der Waals surface area contributed by atoms with E-state index in [0.717, 1.165) is 36.2 Å². The summed E-state index contributed by atoms with van der Waals surface area (Å²) in [6, 6.07) is 7.37. The molecule has 1 heterocycles. The third-order valence-electron chi connectivity index (χ3n) is 5.59. The molecule has 1 saturated carbocycles. The number of rotatable bonds is 7. The van der Waals surface area contributed by atoms with Gasteiger partial charge in [-0.1, -0.05) is 0 Å². The predicted octanol–water partition coefficient (Wildman–Crippen LogP) is 2.96. The molecule has 0 radical (unpaired) electrons. The Hall–Kier alpha value is -2.85. The van der Waals surface area contributed by atoms with Crippen LogP contribution < -0.4 is 14.9 Å². The molecule has 2 aromatic carbocycles. The Bertz CT molecular complexity index is 1180. The van der Waals surface area contributed by atoms with Crippen LogP contribution in [-0.4, -0.2) is 32.8 Å². The highest BCUT2D eigenvalue weighted by molar-refractivity contribution is 7.89. The molecule has 170 valence electrons. The van der Waals surface area contributed by atoms with Crippen molar-refractivity contribution in [2.45, 2.75) is 43.5 Å². The SMILES string of the molecule is C[C@@H]1Cc2cc(S(=O)(=O)NCCC(=O)Nc3ccc(F)cc3F)ccc2N1C(=O)C1CC1. The van der Waals surface area contributed by atoms with Gasteiger partial charge in [0.05, 0.1) is 10.6 Å². The van der Waals surface area contributed by atoms with Crippen LogP contribution in [0.2, 0.25) is 0 Å². The summed E-state index contributed by atoms with van der Waals surface area (Å²) in [7, 11) is -3.88. The number of carbonyl (C=O) groups excluding carboxylic acids is 2. The fourth-order valence-corrected chi connectivity index (χ4v) is 4.91. The van der Waals surface area contributed by atoms with Crippen LogP contribution >= 0.6 is 0 Å². The number of amides is 2. The highest BCUT2D eigenvalue weighted by atomic mass is 32.2. The van der Waals surface area contributed by atoms with Gasteiger partial charge in [-0.25, -0.2) is 21.9 Å². The molecule has 0 bridgehead atoms. The van der Waals surface area contributed by atoms with Gasteiger partial charge in [0.25, 0.3) is 0 Å². The molecule has 1 aliphatic carbocycles. The van der Waals surface area contributed by atoms with Gasteiger partial charge in [0.15, 0.2) is 0 Å². The molecule has 0 aromatic heterocycles. The molecular formula is C22H23F2N3O4S. The smallest absolute Gasteiger partial charge is 0.240 e. The molecule has 10 heteroatoms. The molecule has 0 spiro atoms. The zero-order chi connectivity index (χ0) is 23.0. The maximum Gasteiger partial charge on any atom is 0.240 e. The van der Waals surface area contributed by atoms with Gasteiger partial charge in [0.2, 0.25) is 21.8 Å². The van der Waals surface area contributed by atoms with Crippen molar-refractivity contribution in [1.29, 1.82) is 0 Å². The molecule has 7 nitrogen and oxygen atoms in total. The van der Waals surface area contributed by atoms with E-state index in [4.69, 9.17) is 0 Å². The molecule has 1 atom stereocenters. The Kier molecular flexibility index (Phi) is 6.00. The quantitative estimate of drug-likeness (QED) is 0.660. The van der Waals surface area contributed by atoms with E-state index in [1.165, 1.54) is 6.07 Å².